The molecule has 7 heteroatoms. The highest BCUT2D eigenvalue weighted by molar-refractivity contribution is 5.16. The minimum absolute atomic E-state index is 0.175. The fourth-order valence-electron chi connectivity index (χ4n) is 3.54. The van der Waals surface area contributed by atoms with Crippen LogP contribution in [-0.4, -0.2) is 61.3 Å². The Morgan fingerprint density at radius 3 is 1.94 bits per heavy atom. The van der Waals surface area contributed by atoms with Crippen molar-refractivity contribution in [2.45, 2.75) is 103 Å². The summed E-state index contributed by atoms with van der Waals surface area (Å²) in [4.78, 5) is 8.79. The fraction of sp³-hybridized carbons (Fsp3) is 0.840. The third-order valence-corrected chi connectivity index (χ3v) is 5.56. The Balaban J connectivity index is 2.12. The van der Waals surface area contributed by atoms with Gasteiger partial charge in [-0.3, -0.25) is 0 Å². The third-order valence-electron chi connectivity index (χ3n) is 5.56. The molecule has 1 fully saturated rings. The Kier molecular flexibility index (Phi) is 13.8. The summed E-state index contributed by atoms with van der Waals surface area (Å²) < 4.78 is 30.6. The lowest BCUT2D eigenvalue weighted by Crippen LogP contribution is -2.38. The molecule has 0 aliphatic carbocycles. The van der Waals surface area contributed by atoms with E-state index in [0.717, 1.165) is 63.5 Å². The van der Waals surface area contributed by atoms with Gasteiger partial charge in [-0.15, -0.1) is 0 Å². The smallest absolute Gasteiger partial charge is 0.316 e. The highest BCUT2D eigenvalue weighted by Gasteiger charge is 2.47. The van der Waals surface area contributed by atoms with Gasteiger partial charge in [0.1, 0.15) is 24.4 Å². The maximum atomic E-state index is 6.46. The van der Waals surface area contributed by atoms with Crippen LogP contribution in [0.5, 0.6) is 6.01 Å². The van der Waals surface area contributed by atoms with E-state index in [2.05, 4.69) is 37.7 Å². The molecule has 1 aliphatic heterocycles. The summed E-state index contributed by atoms with van der Waals surface area (Å²) in [6.45, 7) is 11.9. The van der Waals surface area contributed by atoms with E-state index in [1.165, 1.54) is 0 Å². The van der Waals surface area contributed by atoms with Gasteiger partial charge in [0.25, 0.3) is 0 Å². The first kappa shape index (κ1) is 27.0. The van der Waals surface area contributed by atoms with Gasteiger partial charge in [0, 0.05) is 37.8 Å². The van der Waals surface area contributed by atoms with E-state index >= 15 is 0 Å². The average Bonchev–Trinajstić information content (AvgIpc) is 3.15. The first-order chi connectivity index (χ1) is 15.7. The molecule has 0 aromatic carbocycles. The number of nitrogens with zero attached hydrogens (tertiary/aromatic N) is 2. The predicted molar refractivity (Wildman–Crippen MR) is 125 cm³/mol. The van der Waals surface area contributed by atoms with Crippen molar-refractivity contribution in [2.24, 2.45) is 0 Å². The minimum atomic E-state index is -0.289. The molecular weight excluding hydrogens is 408 g/mol. The SMILES string of the molecule is CCCCOC[C@H]1O[C@@H](c2cnc(OCCCC)nc2)[C@@H](OCCCC)C1OCCCC. The number of rotatable bonds is 18. The highest BCUT2D eigenvalue weighted by Crippen LogP contribution is 2.37. The van der Waals surface area contributed by atoms with Gasteiger partial charge in [-0.2, -0.15) is 0 Å². The van der Waals surface area contributed by atoms with Crippen molar-refractivity contribution in [3.8, 4) is 6.01 Å². The van der Waals surface area contributed by atoms with E-state index in [-0.39, 0.29) is 24.4 Å². The van der Waals surface area contributed by atoms with Crippen LogP contribution in [0.15, 0.2) is 12.4 Å². The third kappa shape index (κ3) is 8.93. The quantitative estimate of drug-likeness (QED) is 0.280. The number of hydrogen-bond donors (Lipinski definition) is 0. The van der Waals surface area contributed by atoms with Crippen LogP contribution in [0.25, 0.3) is 0 Å². The lowest BCUT2D eigenvalue weighted by atomic mass is 10.0. The molecule has 0 radical (unpaired) electrons. The van der Waals surface area contributed by atoms with Gasteiger partial charge >= 0.3 is 6.01 Å². The summed E-state index contributed by atoms with van der Waals surface area (Å²) in [5, 5.41) is 0. The molecule has 7 nitrogen and oxygen atoms in total. The van der Waals surface area contributed by atoms with E-state index in [0.29, 0.717) is 32.4 Å². The molecule has 2 rings (SSSR count). The number of unbranched alkanes of at least 4 members (excludes halogenated alkanes) is 4. The first-order valence-electron chi connectivity index (χ1n) is 12.7. The molecule has 184 valence electrons. The second kappa shape index (κ2) is 16.4. The van der Waals surface area contributed by atoms with Crippen molar-refractivity contribution in [1.29, 1.82) is 0 Å². The molecule has 0 amide bonds. The Bertz CT molecular complexity index is 586. The molecule has 2 heterocycles. The van der Waals surface area contributed by atoms with Gasteiger partial charge < -0.3 is 23.7 Å². The van der Waals surface area contributed by atoms with Crippen LogP contribution in [0.4, 0.5) is 0 Å². The topological polar surface area (TPSA) is 71.9 Å². The summed E-state index contributed by atoms with van der Waals surface area (Å²) in [5.41, 5.74) is 0.884. The first-order valence-corrected chi connectivity index (χ1v) is 12.7. The van der Waals surface area contributed by atoms with Crippen LogP contribution in [0.1, 0.15) is 90.7 Å². The van der Waals surface area contributed by atoms with Crippen LogP contribution in [-0.2, 0) is 18.9 Å². The van der Waals surface area contributed by atoms with Crippen LogP contribution in [0.2, 0.25) is 0 Å². The fourth-order valence-corrected chi connectivity index (χ4v) is 3.54. The lowest BCUT2D eigenvalue weighted by Gasteiger charge is -2.25. The van der Waals surface area contributed by atoms with E-state index in [9.17, 15) is 0 Å². The molecule has 32 heavy (non-hydrogen) atoms. The van der Waals surface area contributed by atoms with Gasteiger partial charge in [0.2, 0.25) is 0 Å². The molecule has 1 aromatic rings. The van der Waals surface area contributed by atoms with Crippen LogP contribution in [0, 0.1) is 0 Å². The summed E-state index contributed by atoms with van der Waals surface area (Å²) in [5.74, 6) is 0. The molecular formula is C25H44N2O5. The van der Waals surface area contributed by atoms with Gasteiger partial charge in [-0.25, -0.2) is 9.97 Å². The molecule has 1 aliphatic rings. The Morgan fingerprint density at radius 1 is 0.750 bits per heavy atom. The molecule has 1 aromatic heterocycles. The van der Waals surface area contributed by atoms with E-state index in [1.807, 2.05) is 0 Å². The summed E-state index contributed by atoms with van der Waals surface area (Å²) in [6.07, 6.45) is 11.1. The van der Waals surface area contributed by atoms with E-state index < -0.39 is 0 Å². The zero-order valence-corrected chi connectivity index (χ0v) is 20.6. The zero-order valence-electron chi connectivity index (χ0n) is 20.6. The van der Waals surface area contributed by atoms with Crippen molar-refractivity contribution in [3.63, 3.8) is 0 Å². The standard InChI is InChI=1S/C25H44N2O5/c1-5-9-13-28-19-21-23(29-14-10-6-2)24(30-15-11-7-3)22(32-21)20-17-26-25(27-18-20)31-16-12-8-4/h17-18,21-24H,5-16,19H2,1-4H3/t21-,22+,23?,24-/m1/s1. The van der Waals surface area contributed by atoms with E-state index in [4.69, 9.17) is 23.7 Å². The Morgan fingerprint density at radius 2 is 1.31 bits per heavy atom. The van der Waals surface area contributed by atoms with Gasteiger partial charge in [0.05, 0.1) is 13.2 Å². The van der Waals surface area contributed by atoms with Crippen LogP contribution >= 0.6 is 0 Å². The van der Waals surface area contributed by atoms with Crippen molar-refractivity contribution >= 4 is 0 Å². The molecule has 0 saturated carbocycles. The highest BCUT2D eigenvalue weighted by atomic mass is 16.6. The number of ether oxygens (including phenoxy) is 5. The van der Waals surface area contributed by atoms with E-state index in [1.54, 1.807) is 12.4 Å². The van der Waals surface area contributed by atoms with Gasteiger partial charge in [-0.1, -0.05) is 53.4 Å². The maximum absolute atomic E-state index is 6.46. The lowest BCUT2D eigenvalue weighted by molar-refractivity contribution is -0.0795. The Hall–Kier alpha value is -1.28. The molecule has 0 bridgehead atoms. The number of hydrogen-bond acceptors (Lipinski definition) is 7. The summed E-state index contributed by atoms with van der Waals surface area (Å²) in [6, 6.07) is 0.402. The van der Waals surface area contributed by atoms with Crippen molar-refractivity contribution < 1.29 is 23.7 Å². The van der Waals surface area contributed by atoms with Gasteiger partial charge in [0.15, 0.2) is 0 Å². The molecule has 1 saturated heterocycles. The number of aromatic nitrogens is 2. The van der Waals surface area contributed by atoms with Crippen LogP contribution in [0.3, 0.4) is 0 Å². The van der Waals surface area contributed by atoms with Crippen molar-refractivity contribution in [1.82, 2.24) is 9.97 Å². The summed E-state index contributed by atoms with van der Waals surface area (Å²) in [7, 11) is 0. The van der Waals surface area contributed by atoms with Crippen LogP contribution < -0.4 is 4.74 Å². The molecule has 0 spiro atoms. The predicted octanol–water partition coefficient (Wildman–Crippen LogP) is 5.28. The normalized spacial score (nSPS) is 23.0. The van der Waals surface area contributed by atoms with Crippen molar-refractivity contribution in [2.75, 3.05) is 33.0 Å². The Labute approximate surface area is 194 Å². The maximum Gasteiger partial charge on any atom is 0.316 e. The monoisotopic (exact) mass is 452 g/mol. The largest absolute Gasteiger partial charge is 0.463 e. The van der Waals surface area contributed by atoms with Crippen molar-refractivity contribution in [3.05, 3.63) is 18.0 Å². The van der Waals surface area contributed by atoms with Gasteiger partial charge in [-0.05, 0) is 25.7 Å². The summed E-state index contributed by atoms with van der Waals surface area (Å²) >= 11 is 0. The second-order valence-electron chi connectivity index (χ2n) is 8.40. The second-order valence-corrected chi connectivity index (χ2v) is 8.40. The molecule has 4 atom stereocenters. The molecule has 0 N–H and O–H groups in total. The zero-order chi connectivity index (χ0) is 23.0. The molecule has 1 unspecified atom stereocenters. The minimum Gasteiger partial charge on any atom is -0.463 e. The average molecular weight is 453 g/mol.